The number of rotatable bonds is 0. The van der Waals surface area contributed by atoms with Crippen molar-refractivity contribution in [3.05, 3.63) is 23.3 Å². The minimum absolute atomic E-state index is 0.0452. The van der Waals surface area contributed by atoms with Gasteiger partial charge in [0.2, 0.25) is 0 Å². The van der Waals surface area contributed by atoms with E-state index in [1.165, 1.54) is 0 Å². The fraction of sp³-hybridized carbons (Fsp3) is 0.562. The summed E-state index contributed by atoms with van der Waals surface area (Å²) in [5.41, 5.74) is 0.332. The number of piperidine rings is 1. The Morgan fingerprint density at radius 3 is 2.62 bits per heavy atom. The van der Waals surface area contributed by atoms with Gasteiger partial charge in [0, 0.05) is 18.0 Å². The number of phenols is 1. The van der Waals surface area contributed by atoms with Crippen LogP contribution in [-0.4, -0.2) is 55.0 Å². The van der Waals surface area contributed by atoms with Crippen molar-refractivity contribution >= 4 is 13.6 Å². The maximum absolute atomic E-state index is 12.4. The summed E-state index contributed by atoms with van der Waals surface area (Å²) in [6.45, 7) is 0.759. The number of carbonyl (C=O) groups is 1. The second-order valence-electron chi connectivity index (χ2n) is 7.28. The summed E-state index contributed by atoms with van der Waals surface area (Å²) in [5.74, 6) is 0.542. The SMILES string of the molecule is O=C1CC[C@@]2(O)[C@H]3Cc4ccc(O)c5c4[C@@]2(CCN3)[C@H]1O5.O=P(O)(O)O. The Bertz CT molecular complexity index is 830. The highest BCUT2D eigenvalue weighted by atomic mass is 31.2. The lowest BCUT2D eigenvalue weighted by Crippen LogP contribution is -2.76. The molecule has 0 radical (unpaired) electrons. The van der Waals surface area contributed by atoms with Crippen LogP contribution in [0.4, 0.5) is 0 Å². The highest BCUT2D eigenvalue weighted by Gasteiger charge is 2.71. The Kier molecular flexibility index (Phi) is 3.80. The van der Waals surface area contributed by atoms with Crippen LogP contribution >= 0.6 is 7.82 Å². The second kappa shape index (κ2) is 5.51. The van der Waals surface area contributed by atoms with Crippen molar-refractivity contribution in [3.63, 3.8) is 0 Å². The van der Waals surface area contributed by atoms with Crippen molar-refractivity contribution in [3.8, 4) is 11.5 Å². The van der Waals surface area contributed by atoms with Gasteiger partial charge in [0.15, 0.2) is 23.4 Å². The van der Waals surface area contributed by atoms with E-state index >= 15 is 0 Å². The number of hydrogen-bond acceptors (Lipinski definition) is 6. The molecule has 0 unspecified atom stereocenters. The van der Waals surface area contributed by atoms with Crippen LogP contribution in [0, 0.1) is 0 Å². The van der Waals surface area contributed by atoms with Crippen molar-refractivity contribution in [1.82, 2.24) is 5.32 Å². The molecule has 2 bridgehead atoms. The van der Waals surface area contributed by atoms with Crippen LogP contribution in [-0.2, 0) is 21.2 Å². The molecule has 0 amide bonds. The number of ether oxygens (including phenoxy) is 1. The number of Topliss-reactive ketones (excluding diaryl/α,β-unsaturated/α-hetero) is 1. The quantitative estimate of drug-likeness (QED) is 0.323. The van der Waals surface area contributed by atoms with E-state index in [9.17, 15) is 15.0 Å². The maximum atomic E-state index is 12.4. The maximum Gasteiger partial charge on any atom is 0.466 e. The van der Waals surface area contributed by atoms with E-state index in [2.05, 4.69) is 5.32 Å². The summed E-state index contributed by atoms with van der Waals surface area (Å²) in [6, 6.07) is 3.49. The summed E-state index contributed by atoms with van der Waals surface area (Å²) in [7, 11) is -4.64. The highest BCUT2D eigenvalue weighted by molar-refractivity contribution is 7.45. The third-order valence-electron chi connectivity index (χ3n) is 6.08. The predicted octanol–water partition coefficient (Wildman–Crippen LogP) is -0.526. The number of aromatic hydroxyl groups is 1. The van der Waals surface area contributed by atoms with Crippen LogP contribution in [0.3, 0.4) is 0 Å². The fourth-order valence-electron chi connectivity index (χ4n) is 5.22. The number of carbonyl (C=O) groups excluding carboxylic acids is 1. The van der Waals surface area contributed by atoms with Gasteiger partial charge in [0.1, 0.15) is 0 Å². The summed E-state index contributed by atoms with van der Waals surface area (Å²) < 4.78 is 14.8. The first kappa shape index (κ1) is 17.9. The van der Waals surface area contributed by atoms with E-state index in [0.29, 0.717) is 31.4 Å². The number of phenolic OH excluding ortho intramolecular Hbond substituents is 1. The monoisotopic (exact) mass is 385 g/mol. The van der Waals surface area contributed by atoms with Gasteiger partial charge in [-0.2, -0.15) is 0 Å². The summed E-state index contributed by atoms with van der Waals surface area (Å²) in [5, 5.41) is 25.0. The highest BCUT2D eigenvalue weighted by Crippen LogP contribution is 2.63. The Balaban J connectivity index is 0.000000301. The van der Waals surface area contributed by atoms with Crippen molar-refractivity contribution in [2.24, 2.45) is 0 Å². The molecule has 1 aromatic rings. The molecular formula is C16H20NO8P. The van der Waals surface area contributed by atoms with Gasteiger partial charge in [-0.25, -0.2) is 4.57 Å². The predicted molar refractivity (Wildman–Crippen MR) is 87.8 cm³/mol. The van der Waals surface area contributed by atoms with Gasteiger partial charge < -0.3 is 34.9 Å². The van der Waals surface area contributed by atoms with Crippen LogP contribution < -0.4 is 10.1 Å². The van der Waals surface area contributed by atoms with E-state index < -0.39 is 24.9 Å². The molecule has 10 heteroatoms. The summed E-state index contributed by atoms with van der Waals surface area (Å²) in [6.07, 6.45) is 1.54. The fourth-order valence-corrected chi connectivity index (χ4v) is 5.22. The average Bonchev–Trinajstić information content (AvgIpc) is 2.86. The van der Waals surface area contributed by atoms with Crippen molar-refractivity contribution < 1.29 is 39.0 Å². The lowest BCUT2D eigenvalue weighted by Gasteiger charge is -2.59. The smallest absolute Gasteiger partial charge is 0.466 e. The molecule has 2 aliphatic carbocycles. The van der Waals surface area contributed by atoms with Gasteiger partial charge in [0.05, 0.1) is 11.0 Å². The lowest BCUT2D eigenvalue weighted by atomic mass is 9.49. The Morgan fingerprint density at radius 2 is 1.92 bits per heavy atom. The minimum Gasteiger partial charge on any atom is -0.504 e. The number of aliphatic hydroxyl groups is 1. The topological polar surface area (TPSA) is 157 Å². The van der Waals surface area contributed by atoms with Gasteiger partial charge in [-0.1, -0.05) is 6.07 Å². The van der Waals surface area contributed by atoms with Crippen LogP contribution in [0.25, 0.3) is 0 Å². The molecule has 142 valence electrons. The lowest BCUT2D eigenvalue weighted by molar-refractivity contribution is -0.166. The number of benzene rings is 1. The molecule has 0 aromatic heterocycles. The molecule has 1 spiro atoms. The molecule has 2 fully saturated rings. The molecule has 1 saturated heterocycles. The van der Waals surface area contributed by atoms with Gasteiger partial charge in [-0.05, 0) is 37.4 Å². The van der Waals surface area contributed by atoms with Crippen molar-refractivity contribution in [2.75, 3.05) is 6.54 Å². The molecule has 26 heavy (non-hydrogen) atoms. The molecule has 2 aliphatic heterocycles. The second-order valence-corrected chi connectivity index (χ2v) is 8.31. The third-order valence-corrected chi connectivity index (χ3v) is 6.08. The normalized spacial score (nSPS) is 36.5. The zero-order valence-electron chi connectivity index (χ0n) is 13.8. The van der Waals surface area contributed by atoms with Gasteiger partial charge in [-0.15, -0.1) is 0 Å². The molecular weight excluding hydrogens is 365 g/mol. The van der Waals surface area contributed by atoms with Crippen LogP contribution in [0.5, 0.6) is 11.5 Å². The molecule has 1 aromatic carbocycles. The van der Waals surface area contributed by atoms with Crippen LogP contribution in [0.15, 0.2) is 12.1 Å². The number of nitrogens with one attached hydrogen (secondary N) is 1. The first-order valence-corrected chi connectivity index (χ1v) is 9.93. The van der Waals surface area contributed by atoms with Crippen LogP contribution in [0.1, 0.15) is 30.4 Å². The van der Waals surface area contributed by atoms with Crippen LogP contribution in [0.2, 0.25) is 0 Å². The first-order chi connectivity index (χ1) is 12.1. The van der Waals surface area contributed by atoms with Crippen molar-refractivity contribution in [2.45, 2.75) is 48.8 Å². The average molecular weight is 385 g/mol. The molecule has 4 atom stereocenters. The Labute approximate surface area is 148 Å². The first-order valence-electron chi connectivity index (χ1n) is 8.37. The van der Waals surface area contributed by atoms with E-state index in [1.54, 1.807) is 6.07 Å². The van der Waals surface area contributed by atoms with Gasteiger partial charge in [-0.3, -0.25) is 4.79 Å². The molecule has 6 N–H and O–H groups in total. The Morgan fingerprint density at radius 1 is 1.23 bits per heavy atom. The number of ketones is 1. The number of hydrogen-bond donors (Lipinski definition) is 6. The van der Waals surface area contributed by atoms with E-state index in [-0.39, 0.29) is 17.6 Å². The van der Waals surface area contributed by atoms with E-state index in [1.807, 2.05) is 6.07 Å². The molecule has 2 heterocycles. The van der Waals surface area contributed by atoms with E-state index in [4.69, 9.17) is 24.0 Å². The largest absolute Gasteiger partial charge is 0.504 e. The minimum atomic E-state index is -4.64. The molecule has 9 nitrogen and oxygen atoms in total. The Hall–Kier alpha value is -1.48. The molecule has 4 aliphatic rings. The van der Waals surface area contributed by atoms with E-state index in [0.717, 1.165) is 17.7 Å². The van der Waals surface area contributed by atoms with Gasteiger partial charge in [0.25, 0.3) is 0 Å². The molecule has 1 saturated carbocycles. The third kappa shape index (κ3) is 2.29. The van der Waals surface area contributed by atoms with Gasteiger partial charge >= 0.3 is 7.82 Å². The number of phosphoric acid groups is 1. The van der Waals surface area contributed by atoms with Crippen molar-refractivity contribution in [1.29, 1.82) is 0 Å². The standard InChI is InChI=1S/C16H17NO4.H3O4P/c18-9-2-1-8-7-11-16(20)4-3-10(19)14-15(16,5-6-17-11)12(8)13(9)21-14;1-5(2,3)4/h1-2,11,14,17-18,20H,3-7H2;(H3,1,2,3,4)/t11-,14+,15+,16-;/m1./s1. The molecule has 5 rings (SSSR count). The zero-order chi connectivity index (χ0) is 18.9. The zero-order valence-corrected chi connectivity index (χ0v) is 14.6. The summed E-state index contributed by atoms with van der Waals surface area (Å²) >= 11 is 0. The summed E-state index contributed by atoms with van der Waals surface area (Å²) in [4.78, 5) is 34.0.